The van der Waals surface area contributed by atoms with E-state index in [0.717, 1.165) is 28.4 Å². The van der Waals surface area contributed by atoms with Crippen molar-refractivity contribution in [1.82, 2.24) is 18.3 Å². The largest absolute Gasteiger partial charge is 0.318 e. The first-order valence-electron chi connectivity index (χ1n) is 11.3. The van der Waals surface area contributed by atoms with E-state index in [0.29, 0.717) is 22.3 Å². The van der Waals surface area contributed by atoms with Crippen LogP contribution >= 0.6 is 11.7 Å². The molecule has 0 N–H and O–H groups in total. The van der Waals surface area contributed by atoms with Gasteiger partial charge in [-0.15, -0.1) is 0 Å². The average molecular weight is 473 g/mol. The molecule has 0 aliphatic heterocycles. The van der Waals surface area contributed by atoms with Crippen LogP contribution in [0.1, 0.15) is 32.7 Å². The van der Waals surface area contributed by atoms with Crippen LogP contribution in [0.4, 0.5) is 0 Å². The number of hydrogen-bond acceptors (Lipinski definition) is 5. The van der Waals surface area contributed by atoms with E-state index in [4.69, 9.17) is 0 Å². The highest BCUT2D eigenvalue weighted by molar-refractivity contribution is 7.00. The molecule has 35 heavy (non-hydrogen) atoms. The van der Waals surface area contributed by atoms with Crippen molar-refractivity contribution in [2.45, 2.75) is 5.54 Å². The summed E-state index contributed by atoms with van der Waals surface area (Å²) in [6.45, 7) is 0. The number of imidazole rings is 1. The standard InChI is InChI=1S/C29H20N4OS/c34-28(24-17-10-18-25-27(24)32-35-31-25)26-19-33(20-30-26)29(21-11-4-1-5-12-21,22-13-6-2-7-14-22)23-15-8-3-9-16-23/h1-20H. The molecule has 6 heteroatoms. The maximum Gasteiger partial charge on any atom is 0.215 e. The Morgan fingerprint density at radius 2 is 1.26 bits per heavy atom. The maximum atomic E-state index is 13.6. The van der Waals surface area contributed by atoms with Crippen LogP contribution in [0.15, 0.2) is 122 Å². The Labute approximate surface area is 206 Å². The molecule has 0 radical (unpaired) electrons. The minimum Gasteiger partial charge on any atom is -0.318 e. The van der Waals surface area contributed by atoms with Gasteiger partial charge in [0, 0.05) is 6.20 Å². The Morgan fingerprint density at radius 3 is 1.83 bits per heavy atom. The van der Waals surface area contributed by atoms with Crippen LogP contribution in [0.5, 0.6) is 0 Å². The number of nitrogens with zero attached hydrogens (tertiary/aromatic N) is 4. The first kappa shape index (κ1) is 21.1. The van der Waals surface area contributed by atoms with Gasteiger partial charge in [0.2, 0.25) is 5.78 Å². The summed E-state index contributed by atoms with van der Waals surface area (Å²) in [7, 11) is 0. The monoisotopic (exact) mass is 472 g/mol. The Kier molecular flexibility index (Phi) is 5.28. The van der Waals surface area contributed by atoms with Crippen molar-refractivity contribution in [3.05, 3.63) is 150 Å². The van der Waals surface area contributed by atoms with Crippen molar-refractivity contribution in [3.8, 4) is 0 Å². The molecule has 0 fully saturated rings. The molecule has 0 amide bonds. The van der Waals surface area contributed by atoms with E-state index >= 15 is 0 Å². The van der Waals surface area contributed by atoms with E-state index in [1.54, 1.807) is 12.4 Å². The van der Waals surface area contributed by atoms with Crippen molar-refractivity contribution in [1.29, 1.82) is 0 Å². The molecule has 5 nitrogen and oxygen atoms in total. The van der Waals surface area contributed by atoms with E-state index in [1.165, 1.54) is 0 Å². The minimum absolute atomic E-state index is 0.176. The smallest absolute Gasteiger partial charge is 0.215 e. The molecule has 0 atom stereocenters. The summed E-state index contributed by atoms with van der Waals surface area (Å²) in [6.07, 6.45) is 3.59. The first-order valence-corrected chi connectivity index (χ1v) is 12.0. The lowest BCUT2D eigenvalue weighted by molar-refractivity contribution is 0.103. The van der Waals surface area contributed by atoms with Crippen molar-refractivity contribution >= 4 is 28.5 Å². The number of benzene rings is 4. The summed E-state index contributed by atoms with van der Waals surface area (Å²) < 4.78 is 10.7. The van der Waals surface area contributed by atoms with Gasteiger partial charge in [-0.2, -0.15) is 8.75 Å². The van der Waals surface area contributed by atoms with Crippen LogP contribution < -0.4 is 0 Å². The molecule has 2 aromatic heterocycles. The fourth-order valence-electron chi connectivity index (χ4n) is 4.74. The van der Waals surface area contributed by atoms with Crippen LogP contribution in [0, 0.1) is 0 Å². The number of carbonyl (C=O) groups is 1. The molecule has 0 aliphatic rings. The second-order valence-electron chi connectivity index (χ2n) is 8.24. The van der Waals surface area contributed by atoms with E-state index in [-0.39, 0.29) is 5.78 Å². The molecular weight excluding hydrogens is 452 g/mol. The normalized spacial score (nSPS) is 11.5. The lowest BCUT2D eigenvalue weighted by Crippen LogP contribution is -2.37. The zero-order chi connectivity index (χ0) is 23.7. The lowest BCUT2D eigenvalue weighted by atomic mass is 9.77. The van der Waals surface area contributed by atoms with Gasteiger partial charge < -0.3 is 4.57 Å². The molecule has 168 valence electrons. The summed E-state index contributed by atoms with van der Waals surface area (Å²) in [5.74, 6) is -0.176. The maximum absolute atomic E-state index is 13.6. The van der Waals surface area contributed by atoms with Gasteiger partial charge in [0.1, 0.15) is 22.3 Å². The van der Waals surface area contributed by atoms with Crippen molar-refractivity contribution in [3.63, 3.8) is 0 Å². The molecule has 0 saturated heterocycles. The van der Waals surface area contributed by atoms with Crippen LogP contribution in [-0.2, 0) is 5.54 Å². The van der Waals surface area contributed by atoms with E-state index in [9.17, 15) is 4.79 Å². The predicted molar refractivity (Wildman–Crippen MR) is 138 cm³/mol. The second kappa shape index (κ2) is 8.74. The molecule has 0 bridgehead atoms. The molecule has 6 aromatic rings. The third-order valence-electron chi connectivity index (χ3n) is 6.31. The number of ketones is 1. The number of carbonyl (C=O) groups excluding carboxylic acids is 1. The number of aromatic nitrogens is 4. The Bertz CT molecular complexity index is 1510. The number of rotatable bonds is 6. The van der Waals surface area contributed by atoms with Crippen molar-refractivity contribution < 1.29 is 4.79 Å². The predicted octanol–water partition coefficient (Wildman–Crippen LogP) is 5.96. The van der Waals surface area contributed by atoms with Crippen LogP contribution in [0.2, 0.25) is 0 Å². The quantitative estimate of drug-likeness (QED) is 0.222. The Hall–Kier alpha value is -4.42. The number of hydrogen-bond donors (Lipinski definition) is 0. The first-order chi connectivity index (χ1) is 17.3. The summed E-state index contributed by atoms with van der Waals surface area (Å²) in [5, 5.41) is 0. The Morgan fingerprint density at radius 1 is 0.686 bits per heavy atom. The van der Waals surface area contributed by atoms with E-state index < -0.39 is 5.54 Å². The Balaban J connectivity index is 1.58. The summed E-state index contributed by atoms with van der Waals surface area (Å²) >= 11 is 1.10. The molecule has 0 unspecified atom stereocenters. The number of fused-ring (bicyclic) bond motifs is 1. The highest BCUT2D eigenvalue weighted by Gasteiger charge is 2.38. The SMILES string of the molecule is O=C(c1cn(C(c2ccccc2)(c2ccccc2)c2ccccc2)cn1)c1cccc2nsnc12. The van der Waals surface area contributed by atoms with Crippen molar-refractivity contribution in [2.75, 3.05) is 0 Å². The van der Waals surface area contributed by atoms with Crippen LogP contribution in [0.3, 0.4) is 0 Å². The zero-order valence-electron chi connectivity index (χ0n) is 18.7. The third kappa shape index (κ3) is 3.47. The van der Waals surface area contributed by atoms with Crippen molar-refractivity contribution in [2.24, 2.45) is 0 Å². The van der Waals surface area contributed by atoms with Gasteiger partial charge in [-0.25, -0.2) is 4.98 Å². The molecule has 0 saturated carbocycles. The minimum atomic E-state index is -0.719. The summed E-state index contributed by atoms with van der Waals surface area (Å²) in [6, 6.07) is 36.4. The average Bonchev–Trinajstić information content (AvgIpc) is 3.61. The highest BCUT2D eigenvalue weighted by atomic mass is 32.1. The highest BCUT2D eigenvalue weighted by Crippen LogP contribution is 2.40. The van der Waals surface area contributed by atoms with Crippen LogP contribution in [-0.4, -0.2) is 24.1 Å². The van der Waals surface area contributed by atoms with Crippen LogP contribution in [0.25, 0.3) is 11.0 Å². The summed E-state index contributed by atoms with van der Waals surface area (Å²) in [4.78, 5) is 18.2. The molecule has 6 rings (SSSR count). The van der Waals surface area contributed by atoms with Gasteiger partial charge in [0.25, 0.3) is 0 Å². The van der Waals surface area contributed by atoms with E-state index in [1.807, 2.05) is 77.5 Å². The van der Waals surface area contributed by atoms with Gasteiger partial charge in [0.05, 0.1) is 23.6 Å². The third-order valence-corrected chi connectivity index (χ3v) is 6.85. The van der Waals surface area contributed by atoms with Gasteiger partial charge in [-0.3, -0.25) is 4.79 Å². The molecule has 0 aliphatic carbocycles. The van der Waals surface area contributed by atoms with Gasteiger partial charge in [-0.1, -0.05) is 97.1 Å². The zero-order valence-corrected chi connectivity index (χ0v) is 19.5. The fraction of sp³-hybridized carbons (Fsp3) is 0.0345. The van der Waals surface area contributed by atoms with E-state index in [2.05, 4.69) is 50.1 Å². The topological polar surface area (TPSA) is 60.7 Å². The van der Waals surface area contributed by atoms with Gasteiger partial charge in [-0.05, 0) is 28.8 Å². The molecular formula is C29H20N4OS. The fourth-order valence-corrected chi connectivity index (χ4v) is 5.29. The lowest BCUT2D eigenvalue weighted by Gasteiger charge is -2.37. The molecule has 4 aromatic carbocycles. The molecule has 0 spiro atoms. The van der Waals surface area contributed by atoms with Gasteiger partial charge in [0.15, 0.2) is 0 Å². The van der Waals surface area contributed by atoms with Gasteiger partial charge >= 0.3 is 0 Å². The second-order valence-corrected chi connectivity index (χ2v) is 8.77. The summed E-state index contributed by atoms with van der Waals surface area (Å²) in [5.41, 5.74) is 4.68. The molecule has 2 heterocycles.